The molecule has 8 nitrogen and oxygen atoms in total. The van der Waals surface area contributed by atoms with Gasteiger partial charge in [0, 0.05) is 26.2 Å². The first-order chi connectivity index (χ1) is 15.5. The number of nitrogens with one attached hydrogen (secondary N) is 4. The SMILES string of the molecule is Fc1ccc(/C=N\NC(=S)NN2CCN(NC(=S)N/N=C\c3ccc(F)cc3)CC2)cc1. The van der Waals surface area contributed by atoms with Crippen LogP contribution in [0.15, 0.2) is 58.7 Å². The van der Waals surface area contributed by atoms with Gasteiger partial charge in [0.15, 0.2) is 0 Å². The molecular weight excluding hydrogens is 454 g/mol. The Labute approximate surface area is 195 Å². The summed E-state index contributed by atoms with van der Waals surface area (Å²) in [6, 6.07) is 11.9. The summed E-state index contributed by atoms with van der Waals surface area (Å²) in [7, 11) is 0. The van der Waals surface area contributed by atoms with E-state index in [1.165, 1.54) is 24.3 Å². The Morgan fingerprint density at radius 1 is 0.688 bits per heavy atom. The molecule has 1 aliphatic heterocycles. The maximum Gasteiger partial charge on any atom is 0.201 e. The van der Waals surface area contributed by atoms with Gasteiger partial charge in [0.1, 0.15) is 11.6 Å². The van der Waals surface area contributed by atoms with E-state index in [-0.39, 0.29) is 11.6 Å². The van der Waals surface area contributed by atoms with Crippen molar-refractivity contribution in [1.82, 2.24) is 31.7 Å². The van der Waals surface area contributed by atoms with E-state index in [1.807, 2.05) is 10.0 Å². The third-order valence-corrected chi connectivity index (χ3v) is 4.66. The van der Waals surface area contributed by atoms with Crippen LogP contribution in [0.5, 0.6) is 0 Å². The first kappa shape index (κ1) is 23.6. The van der Waals surface area contributed by atoms with E-state index >= 15 is 0 Å². The second-order valence-electron chi connectivity index (χ2n) is 6.70. The third kappa shape index (κ3) is 8.23. The lowest BCUT2D eigenvalue weighted by molar-refractivity contribution is 0.0936. The monoisotopic (exact) mass is 476 g/mol. The van der Waals surface area contributed by atoms with Crippen LogP contribution in [-0.4, -0.2) is 58.9 Å². The van der Waals surface area contributed by atoms with Gasteiger partial charge in [-0.1, -0.05) is 24.3 Å². The van der Waals surface area contributed by atoms with Crippen LogP contribution in [0.3, 0.4) is 0 Å². The standard InChI is InChI=1S/C20H22F2N8S2/c21-17-5-1-15(2-6-17)13-23-25-19(31)27-29-9-11-30(12-10-29)28-20(32)26-24-14-16-3-7-18(22)8-4-16/h1-8,13-14H,9-12H2,(H2,25,27,31)(H2,26,28,32)/b23-13-,24-14-. The molecule has 2 aromatic rings. The molecule has 1 aliphatic rings. The van der Waals surface area contributed by atoms with Gasteiger partial charge >= 0.3 is 0 Å². The minimum atomic E-state index is -0.296. The lowest BCUT2D eigenvalue weighted by Crippen LogP contribution is -2.59. The fourth-order valence-corrected chi connectivity index (χ4v) is 3.06. The van der Waals surface area contributed by atoms with Crippen molar-refractivity contribution in [1.29, 1.82) is 0 Å². The highest BCUT2D eigenvalue weighted by molar-refractivity contribution is 7.80. The van der Waals surface area contributed by atoms with Crippen molar-refractivity contribution in [3.05, 3.63) is 71.3 Å². The van der Waals surface area contributed by atoms with Gasteiger partial charge in [0.05, 0.1) is 12.4 Å². The van der Waals surface area contributed by atoms with Gasteiger partial charge in [-0.15, -0.1) is 0 Å². The maximum atomic E-state index is 12.9. The van der Waals surface area contributed by atoms with Crippen LogP contribution < -0.4 is 21.7 Å². The topological polar surface area (TPSA) is 79.3 Å². The highest BCUT2D eigenvalue weighted by Gasteiger charge is 2.17. The van der Waals surface area contributed by atoms with Crippen molar-refractivity contribution in [2.45, 2.75) is 0 Å². The maximum absolute atomic E-state index is 12.9. The van der Waals surface area contributed by atoms with Crippen LogP contribution in [0.2, 0.25) is 0 Å². The lowest BCUT2D eigenvalue weighted by atomic mass is 10.2. The van der Waals surface area contributed by atoms with Crippen LogP contribution in [0.25, 0.3) is 0 Å². The van der Waals surface area contributed by atoms with Crippen LogP contribution in [-0.2, 0) is 0 Å². The molecule has 4 N–H and O–H groups in total. The van der Waals surface area contributed by atoms with Gasteiger partial charge in [-0.05, 0) is 59.8 Å². The van der Waals surface area contributed by atoms with Crippen LogP contribution in [0.1, 0.15) is 11.1 Å². The Balaban J connectivity index is 1.31. The molecule has 0 saturated carbocycles. The molecule has 1 fully saturated rings. The molecule has 12 heteroatoms. The van der Waals surface area contributed by atoms with Gasteiger partial charge in [-0.2, -0.15) is 10.2 Å². The van der Waals surface area contributed by atoms with Gasteiger partial charge in [0.2, 0.25) is 10.2 Å². The summed E-state index contributed by atoms with van der Waals surface area (Å²) in [6.45, 7) is 2.77. The van der Waals surface area contributed by atoms with Gasteiger partial charge in [-0.3, -0.25) is 21.7 Å². The molecule has 2 aromatic carbocycles. The van der Waals surface area contributed by atoms with Crippen molar-refractivity contribution in [2.75, 3.05) is 26.2 Å². The van der Waals surface area contributed by atoms with Gasteiger partial charge in [0.25, 0.3) is 0 Å². The summed E-state index contributed by atoms with van der Waals surface area (Å²) < 4.78 is 25.8. The number of hydrazone groups is 2. The molecule has 1 saturated heterocycles. The van der Waals surface area contributed by atoms with E-state index in [0.717, 1.165) is 11.1 Å². The smallest absolute Gasteiger partial charge is 0.201 e. The predicted molar refractivity (Wildman–Crippen MR) is 129 cm³/mol. The first-order valence-corrected chi connectivity index (χ1v) is 10.5. The minimum Gasteiger partial charge on any atom is -0.294 e. The summed E-state index contributed by atoms with van der Waals surface area (Å²) in [5.74, 6) is -0.592. The van der Waals surface area contributed by atoms with Crippen molar-refractivity contribution >= 4 is 47.1 Å². The van der Waals surface area contributed by atoms with Crippen molar-refractivity contribution in [2.24, 2.45) is 10.2 Å². The predicted octanol–water partition coefficient (Wildman–Crippen LogP) is 1.71. The molecule has 3 rings (SSSR count). The molecule has 0 unspecified atom stereocenters. The highest BCUT2D eigenvalue weighted by Crippen LogP contribution is 2.01. The van der Waals surface area contributed by atoms with Gasteiger partial charge in [-0.25, -0.2) is 18.8 Å². The molecule has 1 heterocycles. The van der Waals surface area contributed by atoms with Crippen LogP contribution in [0.4, 0.5) is 8.78 Å². The second-order valence-corrected chi connectivity index (χ2v) is 7.52. The molecule has 32 heavy (non-hydrogen) atoms. The van der Waals surface area contributed by atoms with E-state index in [0.29, 0.717) is 36.4 Å². The normalized spacial score (nSPS) is 15.1. The average Bonchev–Trinajstić information content (AvgIpc) is 2.78. The number of benzene rings is 2. The van der Waals surface area contributed by atoms with Crippen LogP contribution >= 0.6 is 24.4 Å². The number of halogens is 2. The van der Waals surface area contributed by atoms with Crippen molar-refractivity contribution in [3.63, 3.8) is 0 Å². The number of thiocarbonyl (C=S) groups is 2. The van der Waals surface area contributed by atoms with Crippen molar-refractivity contribution in [3.8, 4) is 0 Å². The Hall–Kier alpha value is -3.06. The molecule has 0 amide bonds. The fourth-order valence-electron chi connectivity index (χ4n) is 2.70. The number of hydrazine groups is 2. The highest BCUT2D eigenvalue weighted by atomic mass is 32.1. The number of rotatable bonds is 6. The number of hydrogen-bond acceptors (Lipinski definition) is 6. The molecule has 0 aliphatic carbocycles. The minimum absolute atomic E-state index is 0.296. The number of piperazine rings is 1. The Bertz CT molecular complexity index is 879. The summed E-state index contributed by atoms with van der Waals surface area (Å²) in [5.41, 5.74) is 13.1. The Kier molecular flexibility index (Phi) is 8.92. The number of hydrogen-bond donors (Lipinski definition) is 4. The number of nitrogens with zero attached hydrogens (tertiary/aromatic N) is 4. The average molecular weight is 477 g/mol. The van der Waals surface area contributed by atoms with E-state index in [1.54, 1.807) is 36.7 Å². The van der Waals surface area contributed by atoms with E-state index in [2.05, 4.69) is 31.9 Å². The summed E-state index contributed by atoms with van der Waals surface area (Å²) in [4.78, 5) is 0. The fraction of sp³-hybridized carbons (Fsp3) is 0.200. The molecular formula is C20H22F2N8S2. The molecule has 0 radical (unpaired) electrons. The van der Waals surface area contributed by atoms with E-state index < -0.39 is 0 Å². The zero-order valence-electron chi connectivity index (χ0n) is 17.0. The Morgan fingerprint density at radius 3 is 1.38 bits per heavy atom. The molecule has 0 atom stereocenters. The molecule has 0 spiro atoms. The first-order valence-electron chi connectivity index (χ1n) is 9.68. The Morgan fingerprint density at radius 2 is 1.03 bits per heavy atom. The second kappa shape index (κ2) is 12.1. The molecule has 0 bridgehead atoms. The van der Waals surface area contributed by atoms with E-state index in [4.69, 9.17) is 24.4 Å². The van der Waals surface area contributed by atoms with Crippen molar-refractivity contribution < 1.29 is 8.78 Å². The zero-order chi connectivity index (χ0) is 22.8. The quantitative estimate of drug-likeness (QED) is 0.285. The zero-order valence-corrected chi connectivity index (χ0v) is 18.6. The van der Waals surface area contributed by atoms with E-state index in [9.17, 15) is 8.78 Å². The largest absolute Gasteiger partial charge is 0.294 e. The third-order valence-electron chi connectivity index (χ3n) is 4.30. The summed E-state index contributed by atoms with van der Waals surface area (Å²) >= 11 is 10.5. The van der Waals surface area contributed by atoms with Gasteiger partial charge < -0.3 is 0 Å². The molecule has 168 valence electrons. The van der Waals surface area contributed by atoms with Crippen LogP contribution in [0, 0.1) is 11.6 Å². The summed E-state index contributed by atoms with van der Waals surface area (Å²) in [6.07, 6.45) is 3.11. The molecule has 0 aromatic heterocycles. The lowest BCUT2D eigenvalue weighted by Gasteiger charge is -2.35. The summed E-state index contributed by atoms with van der Waals surface area (Å²) in [5, 5.41) is 12.7.